The van der Waals surface area contributed by atoms with Gasteiger partial charge in [-0.3, -0.25) is 0 Å². The molecule has 4 nitrogen and oxygen atoms in total. The maximum Gasteiger partial charge on any atom is 0.225 e. The van der Waals surface area contributed by atoms with E-state index in [0.29, 0.717) is 12.0 Å². The van der Waals surface area contributed by atoms with Crippen molar-refractivity contribution in [1.82, 2.24) is 9.97 Å². The normalized spacial score (nSPS) is 26.6. The molecule has 5 heteroatoms. The summed E-state index contributed by atoms with van der Waals surface area (Å²) in [7, 11) is 1.86. The van der Waals surface area contributed by atoms with E-state index in [2.05, 4.69) is 45.9 Å². The van der Waals surface area contributed by atoms with Crippen LogP contribution < -0.4 is 10.6 Å². The van der Waals surface area contributed by atoms with E-state index in [1.54, 1.807) is 11.3 Å². The van der Waals surface area contributed by atoms with E-state index in [1.165, 1.54) is 19.3 Å². The number of nitrogens with one attached hydrogen (secondary N) is 2. The van der Waals surface area contributed by atoms with Crippen molar-refractivity contribution in [1.29, 1.82) is 0 Å². The molecule has 1 aliphatic rings. The van der Waals surface area contributed by atoms with E-state index in [1.807, 2.05) is 7.05 Å². The van der Waals surface area contributed by atoms with Crippen LogP contribution in [-0.2, 0) is 0 Å². The molecule has 0 aliphatic heterocycles. The number of thiophene rings is 1. The van der Waals surface area contributed by atoms with Crippen molar-refractivity contribution in [3.05, 3.63) is 11.4 Å². The smallest absolute Gasteiger partial charge is 0.225 e. The van der Waals surface area contributed by atoms with Crippen molar-refractivity contribution in [3.8, 4) is 0 Å². The van der Waals surface area contributed by atoms with Crippen LogP contribution in [0.2, 0.25) is 0 Å². The van der Waals surface area contributed by atoms with Gasteiger partial charge in [0.2, 0.25) is 5.95 Å². The fourth-order valence-corrected chi connectivity index (χ4v) is 3.71. The lowest BCUT2D eigenvalue weighted by Gasteiger charge is -2.32. The zero-order chi connectivity index (χ0) is 14.1. The van der Waals surface area contributed by atoms with Crippen LogP contribution in [0.15, 0.2) is 11.4 Å². The Morgan fingerprint density at radius 2 is 2.05 bits per heavy atom. The fourth-order valence-electron chi connectivity index (χ4n) is 2.95. The lowest BCUT2D eigenvalue weighted by molar-refractivity contribution is 0.260. The van der Waals surface area contributed by atoms with Gasteiger partial charge in [-0.15, -0.1) is 11.3 Å². The molecule has 0 aromatic carbocycles. The van der Waals surface area contributed by atoms with Crippen LogP contribution in [-0.4, -0.2) is 23.1 Å². The van der Waals surface area contributed by atoms with Gasteiger partial charge < -0.3 is 10.6 Å². The lowest BCUT2D eigenvalue weighted by atomic mass is 9.79. The predicted octanol–water partition coefficient (Wildman–Crippen LogP) is 3.97. The van der Waals surface area contributed by atoms with Crippen molar-refractivity contribution < 1.29 is 0 Å². The minimum atomic E-state index is 0.531. The SMILES string of the molecule is CNc1nc(NC2CCC(C)C(C)C2)c2ccsc2n1. The zero-order valence-electron chi connectivity index (χ0n) is 12.3. The third-order valence-electron chi connectivity index (χ3n) is 4.49. The van der Waals surface area contributed by atoms with Crippen molar-refractivity contribution in [2.45, 2.75) is 39.2 Å². The number of aromatic nitrogens is 2. The summed E-state index contributed by atoms with van der Waals surface area (Å²) in [4.78, 5) is 10.1. The van der Waals surface area contributed by atoms with Crippen molar-refractivity contribution in [2.24, 2.45) is 11.8 Å². The molecule has 2 aromatic heterocycles. The Kier molecular flexibility index (Phi) is 3.78. The van der Waals surface area contributed by atoms with Gasteiger partial charge in [-0.2, -0.15) is 4.98 Å². The first-order valence-electron chi connectivity index (χ1n) is 7.37. The molecule has 3 atom stereocenters. The molecule has 3 rings (SSSR count). The quantitative estimate of drug-likeness (QED) is 0.898. The zero-order valence-corrected chi connectivity index (χ0v) is 13.1. The maximum absolute atomic E-state index is 4.60. The van der Waals surface area contributed by atoms with E-state index < -0.39 is 0 Å². The Labute approximate surface area is 124 Å². The second-order valence-electron chi connectivity index (χ2n) is 5.89. The van der Waals surface area contributed by atoms with E-state index >= 15 is 0 Å². The highest BCUT2D eigenvalue weighted by atomic mass is 32.1. The monoisotopic (exact) mass is 290 g/mol. The highest BCUT2D eigenvalue weighted by molar-refractivity contribution is 7.16. The van der Waals surface area contributed by atoms with Gasteiger partial charge in [0.1, 0.15) is 10.6 Å². The number of fused-ring (bicyclic) bond motifs is 1. The van der Waals surface area contributed by atoms with E-state index in [9.17, 15) is 0 Å². The third-order valence-corrected chi connectivity index (χ3v) is 5.29. The van der Waals surface area contributed by atoms with Crippen molar-refractivity contribution >= 4 is 33.3 Å². The first-order valence-corrected chi connectivity index (χ1v) is 8.25. The molecule has 1 saturated carbocycles. The summed E-state index contributed by atoms with van der Waals surface area (Å²) < 4.78 is 0. The van der Waals surface area contributed by atoms with E-state index in [4.69, 9.17) is 0 Å². The minimum absolute atomic E-state index is 0.531. The molecule has 108 valence electrons. The van der Waals surface area contributed by atoms with Crippen molar-refractivity contribution in [2.75, 3.05) is 17.7 Å². The summed E-state index contributed by atoms with van der Waals surface area (Å²) in [6, 6.07) is 2.64. The Morgan fingerprint density at radius 3 is 2.80 bits per heavy atom. The molecule has 20 heavy (non-hydrogen) atoms. The molecule has 2 N–H and O–H groups in total. The topological polar surface area (TPSA) is 49.8 Å². The van der Waals surface area contributed by atoms with Crippen LogP contribution in [0, 0.1) is 11.8 Å². The van der Waals surface area contributed by atoms with Crippen LogP contribution in [0.25, 0.3) is 10.2 Å². The van der Waals surface area contributed by atoms with E-state index in [0.717, 1.165) is 27.9 Å². The largest absolute Gasteiger partial charge is 0.367 e. The average molecular weight is 290 g/mol. The summed E-state index contributed by atoms with van der Waals surface area (Å²) in [6.07, 6.45) is 3.76. The van der Waals surface area contributed by atoms with Crippen LogP contribution in [0.5, 0.6) is 0 Å². The molecule has 0 amide bonds. The van der Waals surface area contributed by atoms with Gasteiger partial charge in [0.15, 0.2) is 0 Å². The lowest BCUT2D eigenvalue weighted by Crippen LogP contribution is -2.30. The molecule has 0 saturated heterocycles. The number of anilines is 2. The Hall–Kier alpha value is -1.36. The number of hydrogen-bond acceptors (Lipinski definition) is 5. The van der Waals surface area contributed by atoms with Gasteiger partial charge in [0.25, 0.3) is 0 Å². The highest BCUT2D eigenvalue weighted by Gasteiger charge is 2.25. The molecule has 2 aromatic rings. The van der Waals surface area contributed by atoms with Gasteiger partial charge in [-0.05, 0) is 42.5 Å². The molecule has 1 aliphatic carbocycles. The van der Waals surface area contributed by atoms with Gasteiger partial charge in [-0.25, -0.2) is 4.98 Å². The van der Waals surface area contributed by atoms with Gasteiger partial charge in [0, 0.05) is 13.1 Å². The molecule has 3 unspecified atom stereocenters. The van der Waals surface area contributed by atoms with Crippen molar-refractivity contribution in [3.63, 3.8) is 0 Å². The molecule has 0 spiro atoms. The minimum Gasteiger partial charge on any atom is -0.367 e. The highest BCUT2D eigenvalue weighted by Crippen LogP contribution is 2.33. The summed E-state index contributed by atoms with van der Waals surface area (Å²) in [6.45, 7) is 4.72. The summed E-state index contributed by atoms with van der Waals surface area (Å²) in [5.41, 5.74) is 0. The first kappa shape index (κ1) is 13.6. The number of rotatable bonds is 3. The molecule has 2 heterocycles. The molecular weight excluding hydrogens is 268 g/mol. The van der Waals surface area contributed by atoms with Crippen LogP contribution in [0.1, 0.15) is 33.1 Å². The second-order valence-corrected chi connectivity index (χ2v) is 6.79. The van der Waals surface area contributed by atoms with Crippen LogP contribution >= 0.6 is 11.3 Å². The second kappa shape index (κ2) is 5.56. The van der Waals surface area contributed by atoms with Crippen LogP contribution in [0.4, 0.5) is 11.8 Å². The number of nitrogens with zero attached hydrogens (tertiary/aromatic N) is 2. The maximum atomic E-state index is 4.60. The Bertz CT molecular complexity index is 595. The van der Waals surface area contributed by atoms with Gasteiger partial charge >= 0.3 is 0 Å². The Morgan fingerprint density at radius 1 is 1.20 bits per heavy atom. The van der Waals surface area contributed by atoms with E-state index in [-0.39, 0.29) is 0 Å². The summed E-state index contributed by atoms with van der Waals surface area (Å²) in [5, 5.41) is 9.92. The number of hydrogen-bond donors (Lipinski definition) is 2. The third kappa shape index (κ3) is 2.59. The first-order chi connectivity index (χ1) is 9.67. The standard InChI is InChI=1S/C15H22N4S/c1-9-4-5-11(8-10(9)2)17-13-12-6-7-20-14(12)19-15(16-3)18-13/h6-7,9-11H,4-5,8H2,1-3H3,(H2,16,17,18,19). The van der Waals surface area contributed by atoms with Crippen LogP contribution in [0.3, 0.4) is 0 Å². The van der Waals surface area contributed by atoms with Gasteiger partial charge in [-0.1, -0.05) is 13.8 Å². The predicted molar refractivity (Wildman–Crippen MR) is 86.6 cm³/mol. The Balaban J connectivity index is 1.85. The molecule has 0 bridgehead atoms. The van der Waals surface area contributed by atoms with Gasteiger partial charge in [0.05, 0.1) is 5.39 Å². The molecule has 1 fully saturated rings. The molecular formula is C15H22N4S. The fraction of sp³-hybridized carbons (Fsp3) is 0.600. The summed E-state index contributed by atoms with van der Waals surface area (Å²) in [5.74, 6) is 3.30. The average Bonchev–Trinajstić information content (AvgIpc) is 2.91. The molecule has 0 radical (unpaired) electrons. The summed E-state index contributed by atoms with van der Waals surface area (Å²) >= 11 is 1.66.